The average molecular weight is 416 g/mol. The molecule has 164 valence electrons. The van der Waals surface area contributed by atoms with Gasteiger partial charge in [0, 0.05) is 56.2 Å². The van der Waals surface area contributed by atoms with Crippen LogP contribution in [-0.4, -0.2) is 33.2 Å². The van der Waals surface area contributed by atoms with Gasteiger partial charge < -0.3 is 15.1 Å². The van der Waals surface area contributed by atoms with Crippen molar-refractivity contribution < 1.29 is 0 Å². The highest BCUT2D eigenvalue weighted by molar-refractivity contribution is 5.55. The third kappa shape index (κ3) is 5.22. The van der Waals surface area contributed by atoms with Crippen LogP contribution in [0.4, 0.5) is 17.1 Å². The van der Waals surface area contributed by atoms with Gasteiger partial charge in [-0.25, -0.2) is 0 Å². The second-order valence-corrected chi connectivity index (χ2v) is 7.83. The van der Waals surface area contributed by atoms with E-state index in [1.807, 2.05) is 7.05 Å². The largest absolute Gasteiger partial charge is 0.388 e. The molecule has 0 spiro atoms. The molecule has 0 aliphatic heterocycles. The minimum atomic E-state index is 0.211. The van der Waals surface area contributed by atoms with Crippen LogP contribution in [0, 0.1) is 0 Å². The molecule has 3 nitrogen and oxygen atoms in total. The Kier molecular flexibility index (Phi) is 8.00. The number of nitrogens with one attached hydrogen (secondary N) is 1. The maximum absolute atomic E-state index is 3.23. The van der Waals surface area contributed by atoms with E-state index < -0.39 is 0 Å². The van der Waals surface area contributed by atoms with Gasteiger partial charge in [-0.15, -0.1) is 0 Å². The van der Waals surface area contributed by atoms with Gasteiger partial charge in [-0.1, -0.05) is 36.4 Å². The Hall–Kier alpha value is -2.94. The van der Waals surface area contributed by atoms with Gasteiger partial charge in [0.05, 0.1) is 0 Å². The molecule has 0 bridgehead atoms. The Morgan fingerprint density at radius 2 is 0.871 bits per heavy atom. The lowest BCUT2D eigenvalue weighted by Crippen LogP contribution is -2.21. The van der Waals surface area contributed by atoms with Gasteiger partial charge in [0.15, 0.2) is 0 Å². The van der Waals surface area contributed by atoms with Gasteiger partial charge >= 0.3 is 0 Å². The molecule has 0 radical (unpaired) electrons. The molecule has 31 heavy (non-hydrogen) atoms. The van der Waals surface area contributed by atoms with Crippen molar-refractivity contribution in [3.05, 3.63) is 89.5 Å². The van der Waals surface area contributed by atoms with Crippen LogP contribution in [0.15, 0.2) is 72.8 Å². The summed E-state index contributed by atoms with van der Waals surface area (Å²) in [6.45, 7) is 12.9. The summed E-state index contributed by atoms with van der Waals surface area (Å²) in [7, 11) is 1.96. The van der Waals surface area contributed by atoms with Gasteiger partial charge in [-0.2, -0.15) is 0 Å². The van der Waals surface area contributed by atoms with E-state index in [0.717, 1.165) is 31.9 Å². The first-order chi connectivity index (χ1) is 15.1. The summed E-state index contributed by atoms with van der Waals surface area (Å²) in [6.07, 6.45) is 0. The van der Waals surface area contributed by atoms with Gasteiger partial charge in [0.2, 0.25) is 0 Å². The smallest absolute Gasteiger partial charge is 0.0366 e. The number of nitrogens with zero attached hydrogens (tertiary/aromatic N) is 2. The van der Waals surface area contributed by atoms with E-state index in [1.165, 1.54) is 28.1 Å². The van der Waals surface area contributed by atoms with E-state index in [1.54, 1.807) is 0 Å². The SMILES string of the molecule is CCN(CC)c1ccc(C(c2ccc(NC)cc2)c2ccc(N(CC)CC)cc2)cc1. The minimum absolute atomic E-state index is 0.211. The van der Waals surface area contributed by atoms with Crippen LogP contribution in [0.3, 0.4) is 0 Å². The highest BCUT2D eigenvalue weighted by Gasteiger charge is 2.18. The van der Waals surface area contributed by atoms with Crippen molar-refractivity contribution in [1.82, 2.24) is 0 Å². The monoisotopic (exact) mass is 415 g/mol. The third-order valence-electron chi connectivity index (χ3n) is 6.24. The summed E-state index contributed by atoms with van der Waals surface area (Å²) < 4.78 is 0. The summed E-state index contributed by atoms with van der Waals surface area (Å²) >= 11 is 0. The number of hydrogen-bond acceptors (Lipinski definition) is 3. The number of anilines is 3. The molecule has 0 fully saturated rings. The molecule has 1 N–H and O–H groups in total. The van der Waals surface area contributed by atoms with Crippen LogP contribution in [0.2, 0.25) is 0 Å². The molecule has 0 unspecified atom stereocenters. The van der Waals surface area contributed by atoms with Crippen LogP contribution in [0.1, 0.15) is 50.3 Å². The zero-order chi connectivity index (χ0) is 22.2. The van der Waals surface area contributed by atoms with Crippen molar-refractivity contribution in [2.24, 2.45) is 0 Å². The van der Waals surface area contributed by atoms with Crippen molar-refractivity contribution >= 4 is 17.1 Å². The first-order valence-corrected chi connectivity index (χ1v) is 11.6. The summed E-state index contributed by atoms with van der Waals surface area (Å²) in [6, 6.07) is 27.1. The lowest BCUT2D eigenvalue weighted by atomic mass is 9.85. The molecule has 0 heterocycles. The molecular weight excluding hydrogens is 378 g/mol. The fraction of sp³-hybridized carbons (Fsp3) is 0.357. The van der Waals surface area contributed by atoms with Crippen molar-refractivity contribution in [3.63, 3.8) is 0 Å². The normalized spacial score (nSPS) is 10.9. The molecule has 3 rings (SSSR count). The summed E-state index contributed by atoms with van der Waals surface area (Å²) in [4.78, 5) is 4.78. The van der Waals surface area contributed by atoms with Gasteiger partial charge in [0.1, 0.15) is 0 Å². The van der Waals surface area contributed by atoms with Crippen LogP contribution in [0.5, 0.6) is 0 Å². The van der Waals surface area contributed by atoms with Gasteiger partial charge in [0.25, 0.3) is 0 Å². The summed E-state index contributed by atoms with van der Waals surface area (Å²) in [5.41, 5.74) is 7.67. The van der Waals surface area contributed by atoms with Crippen molar-refractivity contribution in [1.29, 1.82) is 0 Å². The van der Waals surface area contributed by atoms with Crippen LogP contribution in [-0.2, 0) is 0 Å². The fourth-order valence-electron chi connectivity index (χ4n) is 4.35. The summed E-state index contributed by atoms with van der Waals surface area (Å²) in [5, 5.41) is 3.23. The first-order valence-electron chi connectivity index (χ1n) is 11.6. The number of benzene rings is 3. The topological polar surface area (TPSA) is 18.5 Å². The van der Waals surface area contributed by atoms with Crippen molar-refractivity contribution in [2.75, 3.05) is 48.3 Å². The van der Waals surface area contributed by atoms with Gasteiger partial charge in [-0.3, -0.25) is 0 Å². The molecule has 3 aromatic rings. The molecule has 0 amide bonds. The predicted octanol–water partition coefficient (Wildman–Crippen LogP) is 6.60. The van der Waals surface area contributed by atoms with E-state index in [9.17, 15) is 0 Å². The number of hydrogen-bond donors (Lipinski definition) is 1. The Labute approximate surface area is 188 Å². The van der Waals surface area contributed by atoms with Gasteiger partial charge in [-0.05, 0) is 80.8 Å². The Morgan fingerprint density at radius 1 is 0.548 bits per heavy atom. The third-order valence-corrected chi connectivity index (χ3v) is 6.24. The zero-order valence-electron chi connectivity index (χ0n) is 19.7. The summed E-state index contributed by atoms with van der Waals surface area (Å²) in [5.74, 6) is 0.211. The molecule has 3 aromatic carbocycles. The van der Waals surface area contributed by atoms with Crippen molar-refractivity contribution in [2.45, 2.75) is 33.6 Å². The van der Waals surface area contributed by atoms with Crippen molar-refractivity contribution in [3.8, 4) is 0 Å². The highest BCUT2D eigenvalue weighted by Crippen LogP contribution is 2.34. The first kappa shape index (κ1) is 22.7. The quantitative estimate of drug-likeness (QED) is 0.376. The standard InChI is InChI=1S/C28H37N3/c1-6-30(7-2)26-18-12-23(13-19-26)28(22-10-16-25(29-5)17-11-22)24-14-20-27(21-15-24)31(8-3)9-4/h10-21,28-29H,6-9H2,1-5H3. The van der Waals surface area contributed by atoms with E-state index in [0.29, 0.717) is 0 Å². The maximum Gasteiger partial charge on any atom is 0.0366 e. The molecule has 3 heteroatoms. The number of rotatable bonds is 10. The molecule has 0 saturated heterocycles. The molecule has 0 aliphatic rings. The predicted molar refractivity (Wildman–Crippen MR) is 137 cm³/mol. The lowest BCUT2D eigenvalue weighted by molar-refractivity contribution is 0.862. The van der Waals surface area contributed by atoms with E-state index in [4.69, 9.17) is 0 Å². The Bertz CT molecular complexity index is 850. The minimum Gasteiger partial charge on any atom is -0.388 e. The van der Waals surface area contributed by atoms with Crippen LogP contribution < -0.4 is 15.1 Å². The van der Waals surface area contributed by atoms with E-state index in [2.05, 4.69) is 116 Å². The Morgan fingerprint density at radius 3 is 1.16 bits per heavy atom. The maximum atomic E-state index is 3.23. The zero-order valence-corrected chi connectivity index (χ0v) is 19.7. The van der Waals surface area contributed by atoms with Crippen LogP contribution in [0.25, 0.3) is 0 Å². The second-order valence-electron chi connectivity index (χ2n) is 7.83. The molecule has 0 atom stereocenters. The highest BCUT2D eigenvalue weighted by atomic mass is 15.1. The molecular formula is C28H37N3. The van der Waals surface area contributed by atoms with E-state index in [-0.39, 0.29) is 5.92 Å². The van der Waals surface area contributed by atoms with Crippen LogP contribution >= 0.6 is 0 Å². The lowest BCUT2D eigenvalue weighted by Gasteiger charge is -2.25. The Balaban J connectivity index is 2.01. The second kappa shape index (κ2) is 10.9. The average Bonchev–Trinajstić information content (AvgIpc) is 2.83. The molecule has 0 aromatic heterocycles. The fourth-order valence-corrected chi connectivity index (χ4v) is 4.35. The molecule has 0 aliphatic carbocycles. The molecule has 0 saturated carbocycles. The van der Waals surface area contributed by atoms with E-state index >= 15 is 0 Å².